The van der Waals surface area contributed by atoms with Gasteiger partial charge < -0.3 is 15.4 Å². The molecule has 0 aliphatic heterocycles. The van der Waals surface area contributed by atoms with Gasteiger partial charge in [-0.1, -0.05) is 12.1 Å². The molecule has 0 radical (unpaired) electrons. The number of methoxy groups -OCH3 is 1. The van der Waals surface area contributed by atoms with E-state index in [0.29, 0.717) is 18.3 Å². The molecule has 0 aliphatic carbocycles. The number of anilines is 1. The molecule has 0 saturated carbocycles. The van der Waals surface area contributed by atoms with E-state index in [0.717, 1.165) is 17.9 Å². The topological polar surface area (TPSA) is 51.1 Å². The molecule has 6 heteroatoms. The predicted octanol–water partition coefficient (Wildman–Crippen LogP) is 2.48. The second kappa shape index (κ2) is 7.91. The minimum Gasteiger partial charge on any atom is -0.383 e. The van der Waals surface area contributed by atoms with Crippen LogP contribution in [0.2, 0.25) is 0 Å². The summed E-state index contributed by atoms with van der Waals surface area (Å²) in [4.78, 5) is 0. The molecule has 0 amide bonds. The van der Waals surface area contributed by atoms with Gasteiger partial charge in [0, 0.05) is 25.0 Å². The van der Waals surface area contributed by atoms with Gasteiger partial charge >= 0.3 is 0 Å². The Morgan fingerprint density at radius 2 is 2.00 bits per heavy atom. The number of ether oxygens (including phenoxy) is 1. The number of rotatable bonds is 6. The molecule has 118 valence electrons. The Bertz CT molecular complexity index is 622. The van der Waals surface area contributed by atoms with Gasteiger partial charge in [-0.05, 0) is 49.8 Å². The highest BCUT2D eigenvalue weighted by atomic mass is 32.1. The highest BCUT2D eigenvalue weighted by Crippen LogP contribution is 2.12. The molecule has 1 heterocycles. The largest absolute Gasteiger partial charge is 0.383 e. The molecular formula is C16H22N4OS. The zero-order valence-electron chi connectivity index (χ0n) is 13.2. The Morgan fingerprint density at radius 3 is 2.59 bits per heavy atom. The number of hydrogen-bond donors (Lipinski definition) is 2. The fraction of sp³-hybridized carbons (Fsp3) is 0.375. The van der Waals surface area contributed by atoms with Gasteiger partial charge in [0.05, 0.1) is 18.8 Å². The second-order valence-corrected chi connectivity index (χ2v) is 5.56. The van der Waals surface area contributed by atoms with Gasteiger partial charge in [0.25, 0.3) is 0 Å². The summed E-state index contributed by atoms with van der Waals surface area (Å²) < 4.78 is 6.98. The van der Waals surface area contributed by atoms with Crippen molar-refractivity contribution in [2.75, 3.05) is 25.6 Å². The van der Waals surface area contributed by atoms with Gasteiger partial charge in [0.15, 0.2) is 5.11 Å². The summed E-state index contributed by atoms with van der Waals surface area (Å²) in [5.41, 5.74) is 4.38. The maximum atomic E-state index is 5.22. The van der Waals surface area contributed by atoms with Crippen LogP contribution >= 0.6 is 12.2 Å². The molecule has 0 saturated heterocycles. The number of aromatic nitrogens is 2. The average Bonchev–Trinajstić information content (AvgIpc) is 2.79. The SMILES string of the molecule is COCCNC(=S)Nc1ccc(Cn2nc(C)cc2C)cc1. The van der Waals surface area contributed by atoms with E-state index in [2.05, 4.69) is 40.9 Å². The van der Waals surface area contributed by atoms with E-state index in [1.807, 2.05) is 23.7 Å². The molecule has 0 unspecified atom stereocenters. The Hall–Kier alpha value is -1.92. The van der Waals surface area contributed by atoms with Crippen molar-refractivity contribution >= 4 is 23.0 Å². The molecule has 2 N–H and O–H groups in total. The first-order valence-electron chi connectivity index (χ1n) is 7.22. The summed E-state index contributed by atoms with van der Waals surface area (Å²) in [5.74, 6) is 0. The number of benzene rings is 1. The van der Waals surface area contributed by atoms with Crippen molar-refractivity contribution in [2.24, 2.45) is 0 Å². The summed E-state index contributed by atoms with van der Waals surface area (Å²) in [5, 5.41) is 11.3. The van der Waals surface area contributed by atoms with Crippen molar-refractivity contribution in [3.05, 3.63) is 47.3 Å². The predicted molar refractivity (Wildman–Crippen MR) is 93.3 cm³/mol. The Kier molecular flexibility index (Phi) is 5.91. The molecule has 5 nitrogen and oxygen atoms in total. The fourth-order valence-electron chi connectivity index (χ4n) is 2.14. The van der Waals surface area contributed by atoms with Crippen LogP contribution in [-0.2, 0) is 11.3 Å². The third kappa shape index (κ3) is 4.82. The van der Waals surface area contributed by atoms with Crippen LogP contribution in [0.1, 0.15) is 17.0 Å². The molecule has 0 spiro atoms. The van der Waals surface area contributed by atoms with Crippen LogP contribution in [-0.4, -0.2) is 35.2 Å². The molecule has 0 fully saturated rings. The number of nitrogens with zero attached hydrogens (tertiary/aromatic N) is 2. The first kappa shape index (κ1) is 16.5. The van der Waals surface area contributed by atoms with Crippen molar-refractivity contribution in [2.45, 2.75) is 20.4 Å². The van der Waals surface area contributed by atoms with Crippen molar-refractivity contribution < 1.29 is 4.74 Å². The van der Waals surface area contributed by atoms with E-state index in [1.165, 1.54) is 11.3 Å². The van der Waals surface area contributed by atoms with Gasteiger partial charge in [-0.2, -0.15) is 5.10 Å². The van der Waals surface area contributed by atoms with E-state index in [1.54, 1.807) is 7.11 Å². The molecular weight excluding hydrogens is 296 g/mol. The second-order valence-electron chi connectivity index (χ2n) is 5.16. The van der Waals surface area contributed by atoms with Crippen LogP contribution < -0.4 is 10.6 Å². The lowest BCUT2D eigenvalue weighted by atomic mass is 10.2. The van der Waals surface area contributed by atoms with Crippen molar-refractivity contribution in [3.8, 4) is 0 Å². The van der Waals surface area contributed by atoms with Crippen LogP contribution in [0, 0.1) is 13.8 Å². The molecule has 0 atom stereocenters. The molecule has 0 bridgehead atoms. The van der Waals surface area contributed by atoms with Crippen molar-refractivity contribution in [3.63, 3.8) is 0 Å². The van der Waals surface area contributed by atoms with Gasteiger partial charge in [-0.3, -0.25) is 4.68 Å². The van der Waals surface area contributed by atoms with E-state index >= 15 is 0 Å². The maximum Gasteiger partial charge on any atom is 0.170 e. The minimum atomic E-state index is 0.600. The highest BCUT2D eigenvalue weighted by molar-refractivity contribution is 7.80. The fourth-order valence-corrected chi connectivity index (χ4v) is 2.36. The maximum absolute atomic E-state index is 5.22. The zero-order valence-corrected chi connectivity index (χ0v) is 14.0. The van der Waals surface area contributed by atoms with Crippen LogP contribution in [0.3, 0.4) is 0 Å². The monoisotopic (exact) mass is 318 g/mol. The molecule has 1 aromatic carbocycles. The van der Waals surface area contributed by atoms with Crippen molar-refractivity contribution in [1.29, 1.82) is 0 Å². The Labute approximate surface area is 136 Å². The van der Waals surface area contributed by atoms with Gasteiger partial charge in [-0.25, -0.2) is 0 Å². The lowest BCUT2D eigenvalue weighted by molar-refractivity contribution is 0.204. The number of aryl methyl sites for hydroxylation is 2. The number of thiocarbonyl (C=S) groups is 1. The molecule has 2 rings (SSSR count). The molecule has 0 aliphatic rings. The average molecular weight is 318 g/mol. The van der Waals surface area contributed by atoms with E-state index in [4.69, 9.17) is 17.0 Å². The third-order valence-corrected chi connectivity index (χ3v) is 3.49. The summed E-state index contributed by atoms with van der Waals surface area (Å²) in [6.45, 7) is 6.17. The van der Waals surface area contributed by atoms with Crippen LogP contribution in [0.15, 0.2) is 30.3 Å². The first-order valence-corrected chi connectivity index (χ1v) is 7.63. The van der Waals surface area contributed by atoms with Crippen LogP contribution in [0.25, 0.3) is 0 Å². The first-order chi connectivity index (χ1) is 10.6. The quantitative estimate of drug-likeness (QED) is 0.633. The smallest absolute Gasteiger partial charge is 0.170 e. The van der Waals surface area contributed by atoms with Gasteiger partial charge in [0.1, 0.15) is 0 Å². The molecule has 2 aromatic rings. The lowest BCUT2D eigenvalue weighted by Crippen LogP contribution is -2.31. The Morgan fingerprint density at radius 1 is 1.27 bits per heavy atom. The van der Waals surface area contributed by atoms with Crippen LogP contribution in [0.5, 0.6) is 0 Å². The minimum absolute atomic E-state index is 0.600. The van der Waals surface area contributed by atoms with E-state index < -0.39 is 0 Å². The summed E-state index contributed by atoms with van der Waals surface area (Å²) in [6.07, 6.45) is 0. The third-order valence-electron chi connectivity index (χ3n) is 3.24. The summed E-state index contributed by atoms with van der Waals surface area (Å²) >= 11 is 5.22. The number of nitrogens with one attached hydrogen (secondary N) is 2. The van der Waals surface area contributed by atoms with E-state index in [-0.39, 0.29) is 0 Å². The highest BCUT2D eigenvalue weighted by Gasteiger charge is 2.03. The Balaban J connectivity index is 1.90. The summed E-state index contributed by atoms with van der Waals surface area (Å²) in [6, 6.07) is 10.3. The lowest BCUT2D eigenvalue weighted by Gasteiger charge is -2.11. The van der Waals surface area contributed by atoms with Crippen LogP contribution in [0.4, 0.5) is 5.69 Å². The summed E-state index contributed by atoms with van der Waals surface area (Å²) in [7, 11) is 1.67. The normalized spacial score (nSPS) is 10.5. The zero-order chi connectivity index (χ0) is 15.9. The molecule has 22 heavy (non-hydrogen) atoms. The van der Waals surface area contributed by atoms with Gasteiger partial charge in [-0.15, -0.1) is 0 Å². The van der Waals surface area contributed by atoms with Gasteiger partial charge in [0.2, 0.25) is 0 Å². The number of hydrogen-bond acceptors (Lipinski definition) is 3. The van der Waals surface area contributed by atoms with Crippen molar-refractivity contribution in [1.82, 2.24) is 15.1 Å². The van der Waals surface area contributed by atoms with E-state index in [9.17, 15) is 0 Å². The standard InChI is InChI=1S/C16H22N4OS/c1-12-10-13(2)20(19-12)11-14-4-6-15(7-5-14)18-16(22)17-8-9-21-3/h4-7,10H,8-9,11H2,1-3H3,(H2,17,18,22). The molecule has 1 aromatic heterocycles.